The van der Waals surface area contributed by atoms with E-state index in [1.165, 1.54) is 12.4 Å². The lowest BCUT2D eigenvalue weighted by Gasteiger charge is -2.18. The first-order valence-electron chi connectivity index (χ1n) is 3.64. The van der Waals surface area contributed by atoms with Crippen LogP contribution in [0.1, 0.15) is 20.8 Å². The second-order valence-electron chi connectivity index (χ2n) is 3.40. The molecule has 0 aliphatic rings. The normalized spacial score (nSPS) is 11.3. The van der Waals surface area contributed by atoms with Gasteiger partial charge in [0.1, 0.15) is 5.60 Å². The zero-order valence-corrected chi connectivity index (χ0v) is 8.09. The van der Waals surface area contributed by atoms with Crippen LogP contribution in [0.4, 0.5) is 0 Å². The van der Waals surface area contributed by atoms with Crippen molar-refractivity contribution in [2.75, 3.05) is 0 Å². The Balaban J connectivity index is 2.71. The molecule has 0 saturated heterocycles. The molecule has 1 rings (SSSR count). The number of hydrogen-bond donors (Lipinski definition) is 0. The van der Waals surface area contributed by atoms with Crippen molar-refractivity contribution in [2.24, 2.45) is 0 Å². The highest BCUT2D eigenvalue weighted by molar-refractivity contribution is 6.30. The van der Waals surface area contributed by atoms with E-state index in [0.29, 0.717) is 11.0 Å². The maximum absolute atomic E-state index is 5.60. The van der Waals surface area contributed by atoms with Gasteiger partial charge in [0.15, 0.2) is 0 Å². The van der Waals surface area contributed by atoms with Gasteiger partial charge >= 0.3 is 6.01 Å². The molecule has 1 aromatic heterocycles. The molecule has 0 unspecified atom stereocenters. The van der Waals surface area contributed by atoms with Gasteiger partial charge in [0.2, 0.25) is 0 Å². The Kier molecular flexibility index (Phi) is 2.52. The van der Waals surface area contributed by atoms with Crippen molar-refractivity contribution in [2.45, 2.75) is 26.4 Å². The first kappa shape index (κ1) is 9.26. The van der Waals surface area contributed by atoms with Crippen molar-refractivity contribution < 1.29 is 4.74 Å². The van der Waals surface area contributed by atoms with Crippen molar-refractivity contribution in [1.29, 1.82) is 0 Å². The van der Waals surface area contributed by atoms with Crippen molar-refractivity contribution >= 4 is 11.6 Å². The fourth-order valence-corrected chi connectivity index (χ4v) is 0.725. The minimum absolute atomic E-state index is 0.270. The summed E-state index contributed by atoms with van der Waals surface area (Å²) in [6.45, 7) is 5.81. The average molecular weight is 187 g/mol. The molecule has 0 bridgehead atoms. The molecule has 0 spiro atoms. The van der Waals surface area contributed by atoms with Crippen LogP contribution >= 0.6 is 11.6 Å². The fourth-order valence-electron chi connectivity index (χ4n) is 0.627. The molecule has 0 amide bonds. The van der Waals surface area contributed by atoms with Crippen LogP contribution in [-0.4, -0.2) is 15.6 Å². The maximum Gasteiger partial charge on any atom is 0.316 e. The monoisotopic (exact) mass is 186 g/mol. The van der Waals surface area contributed by atoms with E-state index < -0.39 is 0 Å². The van der Waals surface area contributed by atoms with Crippen LogP contribution in [-0.2, 0) is 0 Å². The van der Waals surface area contributed by atoms with E-state index in [1.54, 1.807) is 0 Å². The van der Waals surface area contributed by atoms with E-state index in [0.717, 1.165) is 0 Å². The summed E-state index contributed by atoms with van der Waals surface area (Å²) in [5.41, 5.74) is -0.270. The summed E-state index contributed by atoms with van der Waals surface area (Å²) in [5, 5.41) is 0.510. The molecule has 12 heavy (non-hydrogen) atoms. The zero-order chi connectivity index (χ0) is 9.19. The molecule has 0 fully saturated rings. The Bertz CT molecular complexity index is 253. The SMILES string of the molecule is CC(C)(C)Oc1ncc(Cl)cn1. The molecule has 0 saturated carbocycles. The number of halogens is 1. The summed E-state index contributed by atoms with van der Waals surface area (Å²) < 4.78 is 5.38. The molecule has 0 aromatic carbocycles. The Labute approximate surface area is 76.7 Å². The molecule has 3 nitrogen and oxygen atoms in total. The summed E-state index contributed by atoms with van der Waals surface area (Å²) in [6.07, 6.45) is 3.02. The zero-order valence-electron chi connectivity index (χ0n) is 7.34. The van der Waals surface area contributed by atoms with Crippen molar-refractivity contribution in [3.05, 3.63) is 17.4 Å². The van der Waals surface area contributed by atoms with Gasteiger partial charge < -0.3 is 4.74 Å². The van der Waals surface area contributed by atoms with Crippen LogP contribution in [0.5, 0.6) is 6.01 Å². The van der Waals surface area contributed by atoms with Crippen LogP contribution in [0.2, 0.25) is 5.02 Å². The highest BCUT2D eigenvalue weighted by atomic mass is 35.5. The predicted octanol–water partition coefficient (Wildman–Crippen LogP) is 2.31. The molecule has 0 aliphatic heterocycles. The lowest BCUT2D eigenvalue weighted by atomic mass is 10.2. The predicted molar refractivity (Wildman–Crippen MR) is 47.4 cm³/mol. The third kappa shape index (κ3) is 3.05. The molecule has 0 atom stereocenters. The summed E-state index contributed by atoms with van der Waals surface area (Å²) in [7, 11) is 0. The number of nitrogens with zero attached hydrogens (tertiary/aromatic N) is 2. The quantitative estimate of drug-likeness (QED) is 0.675. The Morgan fingerprint density at radius 1 is 1.25 bits per heavy atom. The second-order valence-corrected chi connectivity index (χ2v) is 3.83. The van der Waals surface area contributed by atoms with E-state index in [2.05, 4.69) is 9.97 Å². The van der Waals surface area contributed by atoms with Gasteiger partial charge in [0.05, 0.1) is 17.4 Å². The van der Waals surface area contributed by atoms with Crippen LogP contribution in [0.25, 0.3) is 0 Å². The average Bonchev–Trinajstić information content (AvgIpc) is 1.91. The minimum Gasteiger partial charge on any atom is -0.458 e. The number of aromatic nitrogens is 2. The standard InChI is InChI=1S/C8H11ClN2O/c1-8(2,3)12-7-10-4-6(9)5-11-7/h4-5H,1-3H3. The molecule has 1 aromatic rings. The molecule has 4 heteroatoms. The van der Waals surface area contributed by atoms with Crippen molar-refractivity contribution in [3.63, 3.8) is 0 Å². The highest BCUT2D eigenvalue weighted by Crippen LogP contribution is 2.13. The van der Waals surface area contributed by atoms with Gasteiger partial charge in [0, 0.05) is 0 Å². The summed E-state index contributed by atoms with van der Waals surface area (Å²) in [6, 6.07) is 0.354. The summed E-state index contributed by atoms with van der Waals surface area (Å²) in [4.78, 5) is 7.80. The van der Waals surface area contributed by atoms with E-state index in [9.17, 15) is 0 Å². The van der Waals surface area contributed by atoms with E-state index >= 15 is 0 Å². The Hall–Kier alpha value is -0.830. The van der Waals surface area contributed by atoms with Crippen molar-refractivity contribution in [1.82, 2.24) is 9.97 Å². The van der Waals surface area contributed by atoms with Gasteiger partial charge in [-0.15, -0.1) is 0 Å². The van der Waals surface area contributed by atoms with Gasteiger partial charge in [-0.25, -0.2) is 9.97 Å². The van der Waals surface area contributed by atoms with Crippen LogP contribution in [0.15, 0.2) is 12.4 Å². The smallest absolute Gasteiger partial charge is 0.316 e. The van der Waals surface area contributed by atoms with Gasteiger partial charge in [0.25, 0.3) is 0 Å². The van der Waals surface area contributed by atoms with Gasteiger partial charge in [-0.3, -0.25) is 0 Å². The van der Waals surface area contributed by atoms with E-state index in [4.69, 9.17) is 16.3 Å². The number of rotatable bonds is 1. The maximum atomic E-state index is 5.60. The number of ether oxygens (including phenoxy) is 1. The Morgan fingerprint density at radius 2 is 1.75 bits per heavy atom. The molecule has 0 aliphatic carbocycles. The molecular formula is C8H11ClN2O. The second kappa shape index (κ2) is 3.27. The molecule has 66 valence electrons. The minimum atomic E-state index is -0.270. The van der Waals surface area contributed by atoms with Gasteiger partial charge in [-0.1, -0.05) is 11.6 Å². The topological polar surface area (TPSA) is 35.0 Å². The lowest BCUT2D eigenvalue weighted by molar-refractivity contribution is 0.117. The molecule has 0 radical (unpaired) electrons. The molecule has 0 N–H and O–H groups in total. The largest absolute Gasteiger partial charge is 0.458 e. The van der Waals surface area contributed by atoms with Gasteiger partial charge in [-0.2, -0.15) is 0 Å². The van der Waals surface area contributed by atoms with Gasteiger partial charge in [-0.05, 0) is 20.8 Å². The van der Waals surface area contributed by atoms with Crippen molar-refractivity contribution in [3.8, 4) is 6.01 Å². The summed E-state index contributed by atoms with van der Waals surface area (Å²) in [5.74, 6) is 0. The van der Waals surface area contributed by atoms with Crippen LogP contribution in [0, 0.1) is 0 Å². The summed E-state index contributed by atoms with van der Waals surface area (Å²) >= 11 is 5.60. The van der Waals surface area contributed by atoms with Crippen LogP contribution < -0.4 is 4.74 Å². The van der Waals surface area contributed by atoms with Crippen LogP contribution in [0.3, 0.4) is 0 Å². The first-order valence-corrected chi connectivity index (χ1v) is 4.02. The third-order valence-electron chi connectivity index (χ3n) is 0.994. The van der Waals surface area contributed by atoms with E-state index in [-0.39, 0.29) is 5.60 Å². The molecular weight excluding hydrogens is 176 g/mol. The first-order chi connectivity index (χ1) is 5.47. The number of hydrogen-bond acceptors (Lipinski definition) is 3. The third-order valence-corrected chi connectivity index (χ3v) is 1.19. The molecule has 1 heterocycles. The highest BCUT2D eigenvalue weighted by Gasteiger charge is 2.12. The van der Waals surface area contributed by atoms with E-state index in [1.807, 2.05) is 20.8 Å². The Morgan fingerprint density at radius 3 is 2.17 bits per heavy atom. The lowest BCUT2D eigenvalue weighted by Crippen LogP contribution is -2.24. The fraction of sp³-hybridized carbons (Fsp3) is 0.500.